The van der Waals surface area contributed by atoms with Crippen LogP contribution in [0, 0.1) is 5.92 Å². The van der Waals surface area contributed by atoms with Crippen molar-refractivity contribution in [1.82, 2.24) is 0 Å². The van der Waals surface area contributed by atoms with Crippen LogP contribution >= 0.6 is 11.6 Å². The Hall–Kier alpha value is -0.430. The van der Waals surface area contributed by atoms with Gasteiger partial charge in [0.05, 0.1) is 5.38 Å². The van der Waals surface area contributed by atoms with Crippen LogP contribution in [0.5, 0.6) is 0 Å². The first-order valence-electron chi connectivity index (χ1n) is 2.99. The fraction of sp³-hybridized carbons (Fsp3) is 0.429. The zero-order valence-corrected chi connectivity index (χ0v) is 6.10. The van der Waals surface area contributed by atoms with Crippen molar-refractivity contribution in [3.05, 3.63) is 23.9 Å². The molecule has 1 nitrogen and oxygen atoms in total. The predicted molar refractivity (Wildman–Crippen MR) is 40.2 cm³/mol. The lowest BCUT2D eigenvalue weighted by Gasteiger charge is -2.17. The van der Waals surface area contributed by atoms with Crippen molar-refractivity contribution in [1.29, 1.82) is 0 Å². The highest BCUT2D eigenvalue weighted by Crippen LogP contribution is 2.20. The Morgan fingerprint density at radius 2 is 2.33 bits per heavy atom. The molecule has 0 aromatic heterocycles. The molecule has 0 saturated carbocycles. The van der Waals surface area contributed by atoms with Crippen LogP contribution in [0.1, 0.15) is 6.92 Å². The van der Waals surface area contributed by atoms with Gasteiger partial charge in [0.2, 0.25) is 0 Å². The van der Waals surface area contributed by atoms with Gasteiger partial charge in [-0.3, -0.25) is 0 Å². The van der Waals surface area contributed by atoms with E-state index >= 15 is 0 Å². The minimum Gasteiger partial charge on any atom is -0.402 e. The van der Waals surface area contributed by atoms with Gasteiger partial charge in [-0.2, -0.15) is 0 Å². The van der Waals surface area contributed by atoms with Crippen LogP contribution in [-0.4, -0.2) is 5.38 Å². The van der Waals surface area contributed by atoms with Crippen LogP contribution in [0.25, 0.3) is 0 Å². The lowest BCUT2D eigenvalue weighted by atomic mass is 9.99. The third-order valence-electron chi connectivity index (χ3n) is 1.59. The molecule has 0 bridgehead atoms. The molecule has 1 aliphatic carbocycles. The standard InChI is InChI=1S/C7H10ClN/c1-5-6(8)3-2-4-7(5)9/h2-6H,9H2,1H3. The van der Waals surface area contributed by atoms with Crippen LogP contribution in [-0.2, 0) is 0 Å². The summed E-state index contributed by atoms with van der Waals surface area (Å²) in [5, 5.41) is 0.0787. The van der Waals surface area contributed by atoms with Gasteiger partial charge in [0, 0.05) is 11.6 Å². The van der Waals surface area contributed by atoms with Crippen LogP contribution in [0.4, 0.5) is 0 Å². The molecule has 2 unspecified atom stereocenters. The molecule has 1 rings (SSSR count). The SMILES string of the molecule is CC1C(N)=CC=CC1Cl. The smallest absolute Gasteiger partial charge is 0.0599 e. The first-order chi connectivity index (χ1) is 4.22. The molecule has 2 atom stereocenters. The van der Waals surface area contributed by atoms with E-state index in [1.165, 1.54) is 0 Å². The van der Waals surface area contributed by atoms with Gasteiger partial charge >= 0.3 is 0 Å². The van der Waals surface area contributed by atoms with Crippen molar-refractivity contribution in [3.63, 3.8) is 0 Å². The number of allylic oxidation sites excluding steroid dienone is 4. The maximum absolute atomic E-state index is 5.85. The van der Waals surface area contributed by atoms with Crippen LogP contribution < -0.4 is 5.73 Å². The number of nitrogens with two attached hydrogens (primary N) is 1. The number of rotatable bonds is 0. The Kier molecular flexibility index (Phi) is 1.81. The molecule has 9 heavy (non-hydrogen) atoms. The highest BCUT2D eigenvalue weighted by Gasteiger charge is 2.15. The Bertz CT molecular complexity index is 160. The topological polar surface area (TPSA) is 26.0 Å². The van der Waals surface area contributed by atoms with E-state index in [1.807, 2.05) is 25.2 Å². The number of hydrogen-bond donors (Lipinski definition) is 1. The molecule has 0 aliphatic heterocycles. The second-order valence-electron chi connectivity index (χ2n) is 2.28. The number of hydrogen-bond acceptors (Lipinski definition) is 1. The molecular formula is C7H10ClN. The van der Waals surface area contributed by atoms with Gasteiger partial charge < -0.3 is 5.73 Å². The van der Waals surface area contributed by atoms with Gasteiger partial charge in [-0.05, 0) is 6.08 Å². The van der Waals surface area contributed by atoms with Crippen molar-refractivity contribution in [3.8, 4) is 0 Å². The molecule has 0 amide bonds. The maximum atomic E-state index is 5.85. The lowest BCUT2D eigenvalue weighted by molar-refractivity contribution is 0.685. The minimum atomic E-state index is 0.0787. The summed E-state index contributed by atoms with van der Waals surface area (Å²) in [4.78, 5) is 0. The molecule has 2 heteroatoms. The van der Waals surface area contributed by atoms with Crippen molar-refractivity contribution in [2.75, 3.05) is 0 Å². The zero-order valence-electron chi connectivity index (χ0n) is 5.34. The second kappa shape index (κ2) is 2.44. The summed E-state index contributed by atoms with van der Waals surface area (Å²) in [6.45, 7) is 2.02. The molecule has 0 spiro atoms. The summed E-state index contributed by atoms with van der Waals surface area (Å²) in [6.07, 6.45) is 5.74. The van der Waals surface area contributed by atoms with E-state index in [4.69, 9.17) is 17.3 Å². The zero-order chi connectivity index (χ0) is 6.85. The predicted octanol–water partition coefficient (Wildman–Crippen LogP) is 1.64. The molecule has 0 radical (unpaired) electrons. The summed E-state index contributed by atoms with van der Waals surface area (Å²) in [5.41, 5.74) is 6.47. The van der Waals surface area contributed by atoms with Gasteiger partial charge in [0.25, 0.3) is 0 Å². The van der Waals surface area contributed by atoms with Crippen molar-refractivity contribution < 1.29 is 0 Å². The summed E-state index contributed by atoms with van der Waals surface area (Å²) in [7, 11) is 0. The van der Waals surface area contributed by atoms with Gasteiger partial charge in [-0.1, -0.05) is 19.1 Å². The highest BCUT2D eigenvalue weighted by atomic mass is 35.5. The van der Waals surface area contributed by atoms with E-state index in [2.05, 4.69) is 0 Å². The number of alkyl halides is 1. The van der Waals surface area contributed by atoms with Crippen LogP contribution in [0.3, 0.4) is 0 Å². The lowest BCUT2D eigenvalue weighted by Crippen LogP contribution is -2.19. The maximum Gasteiger partial charge on any atom is 0.0599 e. The molecule has 0 saturated heterocycles. The fourth-order valence-corrected chi connectivity index (χ4v) is 1.00. The molecule has 0 fully saturated rings. The van der Waals surface area contributed by atoms with Crippen LogP contribution in [0.15, 0.2) is 23.9 Å². The third kappa shape index (κ3) is 1.28. The van der Waals surface area contributed by atoms with Gasteiger partial charge in [-0.25, -0.2) is 0 Å². The van der Waals surface area contributed by atoms with Crippen molar-refractivity contribution >= 4 is 11.6 Å². The molecule has 2 N–H and O–H groups in total. The Labute approximate surface area is 60.2 Å². The van der Waals surface area contributed by atoms with E-state index in [9.17, 15) is 0 Å². The van der Waals surface area contributed by atoms with Gasteiger partial charge in [-0.15, -0.1) is 11.6 Å². The Morgan fingerprint density at radius 1 is 1.67 bits per heavy atom. The average Bonchev–Trinajstić information content (AvgIpc) is 1.83. The van der Waals surface area contributed by atoms with E-state index in [0.717, 1.165) is 5.70 Å². The molecule has 1 aliphatic rings. The molecule has 50 valence electrons. The van der Waals surface area contributed by atoms with Gasteiger partial charge in [0.15, 0.2) is 0 Å². The van der Waals surface area contributed by atoms with Gasteiger partial charge in [0.1, 0.15) is 0 Å². The molecule has 0 aromatic carbocycles. The summed E-state index contributed by atoms with van der Waals surface area (Å²) < 4.78 is 0. The first-order valence-corrected chi connectivity index (χ1v) is 3.43. The first kappa shape index (κ1) is 6.69. The monoisotopic (exact) mass is 143 g/mol. The third-order valence-corrected chi connectivity index (χ3v) is 2.11. The van der Waals surface area contributed by atoms with Crippen molar-refractivity contribution in [2.24, 2.45) is 11.7 Å². The van der Waals surface area contributed by atoms with E-state index in [-0.39, 0.29) is 11.3 Å². The largest absolute Gasteiger partial charge is 0.402 e. The van der Waals surface area contributed by atoms with E-state index in [1.54, 1.807) is 0 Å². The molecule has 0 aromatic rings. The minimum absolute atomic E-state index is 0.0787. The fourth-order valence-electron chi connectivity index (χ4n) is 0.775. The van der Waals surface area contributed by atoms with E-state index < -0.39 is 0 Å². The summed E-state index contributed by atoms with van der Waals surface area (Å²) in [6, 6.07) is 0. The number of halogens is 1. The summed E-state index contributed by atoms with van der Waals surface area (Å²) >= 11 is 5.85. The Balaban J connectivity index is 2.73. The second-order valence-corrected chi connectivity index (χ2v) is 2.79. The van der Waals surface area contributed by atoms with Crippen LogP contribution in [0.2, 0.25) is 0 Å². The average molecular weight is 144 g/mol. The van der Waals surface area contributed by atoms with Crippen molar-refractivity contribution in [2.45, 2.75) is 12.3 Å². The highest BCUT2D eigenvalue weighted by molar-refractivity contribution is 6.22. The molecule has 0 heterocycles. The van der Waals surface area contributed by atoms with E-state index in [0.29, 0.717) is 0 Å². The Morgan fingerprint density at radius 3 is 2.78 bits per heavy atom. The quantitative estimate of drug-likeness (QED) is 0.513. The summed E-state index contributed by atoms with van der Waals surface area (Å²) in [5.74, 6) is 0.289. The molecular weight excluding hydrogens is 134 g/mol. The normalized spacial score (nSPS) is 34.2.